The molecular formula is C33H66NO8P. The van der Waals surface area contributed by atoms with Crippen LogP contribution in [0.4, 0.5) is 0 Å². The van der Waals surface area contributed by atoms with Crippen LogP contribution < -0.4 is 5.73 Å². The van der Waals surface area contributed by atoms with Crippen LogP contribution in [-0.2, 0) is 32.7 Å². The predicted octanol–water partition coefficient (Wildman–Crippen LogP) is 8.65. The van der Waals surface area contributed by atoms with Crippen LogP contribution in [0.1, 0.15) is 156 Å². The summed E-state index contributed by atoms with van der Waals surface area (Å²) in [7, 11) is -4.36. The third-order valence-corrected chi connectivity index (χ3v) is 8.33. The molecule has 0 aliphatic heterocycles. The van der Waals surface area contributed by atoms with Crippen LogP contribution in [0.2, 0.25) is 0 Å². The third-order valence-electron chi connectivity index (χ3n) is 7.35. The third kappa shape index (κ3) is 30.8. The Labute approximate surface area is 263 Å². The Bertz CT molecular complexity index is 719. The average molecular weight is 636 g/mol. The van der Waals surface area contributed by atoms with Gasteiger partial charge in [0, 0.05) is 19.4 Å². The first-order chi connectivity index (χ1) is 20.6. The van der Waals surface area contributed by atoms with E-state index >= 15 is 0 Å². The monoisotopic (exact) mass is 635 g/mol. The largest absolute Gasteiger partial charge is 0.472 e. The van der Waals surface area contributed by atoms with E-state index in [2.05, 4.69) is 27.7 Å². The van der Waals surface area contributed by atoms with Gasteiger partial charge in [-0.25, -0.2) is 4.57 Å². The van der Waals surface area contributed by atoms with E-state index in [1.165, 1.54) is 70.6 Å². The van der Waals surface area contributed by atoms with E-state index in [0.717, 1.165) is 50.4 Å². The minimum absolute atomic E-state index is 0.0559. The minimum atomic E-state index is -4.36. The summed E-state index contributed by atoms with van der Waals surface area (Å²) in [6, 6.07) is 0. The van der Waals surface area contributed by atoms with E-state index in [1.54, 1.807) is 0 Å². The van der Waals surface area contributed by atoms with Crippen LogP contribution in [0.5, 0.6) is 0 Å². The number of unbranched alkanes of at least 4 members (excludes halogenated alkanes) is 14. The number of esters is 2. The fourth-order valence-corrected chi connectivity index (χ4v) is 5.53. The molecule has 0 aromatic heterocycles. The molecule has 43 heavy (non-hydrogen) atoms. The number of phosphoric acid groups is 1. The van der Waals surface area contributed by atoms with Gasteiger partial charge in [0.05, 0.1) is 13.2 Å². The molecule has 0 aromatic carbocycles. The maximum absolute atomic E-state index is 12.4. The van der Waals surface area contributed by atoms with Crippen molar-refractivity contribution in [3.63, 3.8) is 0 Å². The van der Waals surface area contributed by atoms with Crippen molar-refractivity contribution in [1.29, 1.82) is 0 Å². The first kappa shape index (κ1) is 42.0. The molecule has 0 bridgehead atoms. The molecule has 3 N–H and O–H groups in total. The Hall–Kier alpha value is -0.990. The van der Waals surface area contributed by atoms with Crippen molar-refractivity contribution in [1.82, 2.24) is 0 Å². The molecule has 10 heteroatoms. The molecule has 2 atom stereocenters. The Morgan fingerprint density at radius 3 is 1.49 bits per heavy atom. The van der Waals surface area contributed by atoms with Gasteiger partial charge in [0.2, 0.25) is 0 Å². The molecule has 0 aromatic rings. The lowest BCUT2D eigenvalue weighted by molar-refractivity contribution is -0.161. The fourth-order valence-electron chi connectivity index (χ4n) is 4.77. The Kier molecular flexibility index (Phi) is 27.8. The second-order valence-electron chi connectivity index (χ2n) is 12.7. The molecule has 0 radical (unpaired) electrons. The standard InChI is InChI=1S/C33H66NO8P/c1-29(2)21-17-13-9-6-5-7-11-15-19-23-32(35)39-27-31(28-41-43(37,38)40-26-25-34)42-33(36)24-20-16-12-8-10-14-18-22-30(3)4/h29-31H,5-28,34H2,1-4H3,(H,37,38)/t31-/m1/s1. The molecule has 0 fully saturated rings. The number of nitrogens with two attached hydrogens (primary N) is 1. The SMILES string of the molecule is CC(C)CCCCCCCCCCCC(=O)OC[C@H](COP(=O)(O)OCCN)OC(=O)CCCCCCCCCC(C)C. The molecule has 0 spiro atoms. The van der Waals surface area contributed by atoms with Crippen molar-refractivity contribution in [3.05, 3.63) is 0 Å². The van der Waals surface area contributed by atoms with Gasteiger partial charge in [-0.3, -0.25) is 18.6 Å². The number of carbonyl (C=O) groups is 2. The van der Waals surface area contributed by atoms with Crippen molar-refractivity contribution < 1.29 is 37.6 Å². The lowest BCUT2D eigenvalue weighted by atomic mass is 10.0. The lowest BCUT2D eigenvalue weighted by Crippen LogP contribution is -2.29. The van der Waals surface area contributed by atoms with Crippen molar-refractivity contribution in [2.75, 3.05) is 26.4 Å². The number of rotatable bonds is 31. The highest BCUT2D eigenvalue weighted by atomic mass is 31.2. The Morgan fingerprint density at radius 1 is 0.628 bits per heavy atom. The van der Waals surface area contributed by atoms with Crippen molar-refractivity contribution in [3.8, 4) is 0 Å². The highest BCUT2D eigenvalue weighted by Gasteiger charge is 2.25. The van der Waals surface area contributed by atoms with Gasteiger partial charge in [-0.2, -0.15) is 0 Å². The molecule has 0 saturated carbocycles. The van der Waals surface area contributed by atoms with Crippen molar-refractivity contribution >= 4 is 19.8 Å². The smallest absolute Gasteiger partial charge is 0.462 e. The summed E-state index contributed by atoms with van der Waals surface area (Å²) in [4.78, 5) is 34.5. The van der Waals surface area contributed by atoms with Crippen LogP contribution in [0.25, 0.3) is 0 Å². The summed E-state index contributed by atoms with van der Waals surface area (Å²) >= 11 is 0. The molecular weight excluding hydrogens is 569 g/mol. The zero-order valence-electron chi connectivity index (χ0n) is 28.0. The second-order valence-corrected chi connectivity index (χ2v) is 14.2. The molecule has 1 unspecified atom stereocenters. The second kappa shape index (κ2) is 28.5. The van der Waals surface area contributed by atoms with Crippen LogP contribution >= 0.6 is 7.82 Å². The lowest BCUT2D eigenvalue weighted by Gasteiger charge is -2.19. The quantitative estimate of drug-likeness (QED) is 0.0436. The zero-order chi connectivity index (χ0) is 32.2. The summed E-state index contributed by atoms with van der Waals surface area (Å²) in [6.07, 6.45) is 20.2. The summed E-state index contributed by atoms with van der Waals surface area (Å²) in [6.45, 7) is 8.28. The van der Waals surface area contributed by atoms with Gasteiger partial charge >= 0.3 is 19.8 Å². The Balaban J connectivity index is 4.27. The van der Waals surface area contributed by atoms with E-state index in [0.29, 0.717) is 6.42 Å². The normalized spacial score (nSPS) is 13.8. The van der Waals surface area contributed by atoms with E-state index in [1.807, 2.05) is 0 Å². The van der Waals surface area contributed by atoms with Gasteiger partial charge in [0.15, 0.2) is 6.10 Å². The van der Waals surface area contributed by atoms with E-state index in [-0.39, 0.29) is 38.6 Å². The van der Waals surface area contributed by atoms with Gasteiger partial charge in [-0.15, -0.1) is 0 Å². The molecule has 0 heterocycles. The van der Waals surface area contributed by atoms with E-state index < -0.39 is 26.5 Å². The zero-order valence-corrected chi connectivity index (χ0v) is 28.9. The molecule has 9 nitrogen and oxygen atoms in total. The van der Waals surface area contributed by atoms with Gasteiger partial charge in [0.1, 0.15) is 6.61 Å². The van der Waals surface area contributed by atoms with Crippen LogP contribution in [0.15, 0.2) is 0 Å². The number of hydrogen-bond acceptors (Lipinski definition) is 8. The first-order valence-corrected chi connectivity index (χ1v) is 18.7. The number of phosphoric ester groups is 1. The van der Waals surface area contributed by atoms with Crippen molar-refractivity contribution in [2.24, 2.45) is 17.6 Å². The average Bonchev–Trinajstić information content (AvgIpc) is 2.95. The molecule has 0 rings (SSSR count). The summed E-state index contributed by atoms with van der Waals surface area (Å²) in [5.74, 6) is 0.716. The number of hydrogen-bond donors (Lipinski definition) is 2. The highest BCUT2D eigenvalue weighted by molar-refractivity contribution is 7.47. The highest BCUT2D eigenvalue weighted by Crippen LogP contribution is 2.43. The molecule has 256 valence electrons. The molecule has 0 aliphatic carbocycles. The summed E-state index contributed by atoms with van der Waals surface area (Å²) in [5.41, 5.74) is 5.31. The van der Waals surface area contributed by atoms with Gasteiger partial charge in [0.25, 0.3) is 0 Å². The minimum Gasteiger partial charge on any atom is -0.462 e. The van der Waals surface area contributed by atoms with Crippen LogP contribution in [0, 0.1) is 11.8 Å². The number of ether oxygens (including phenoxy) is 2. The molecule has 0 saturated heterocycles. The van der Waals surface area contributed by atoms with Gasteiger partial charge < -0.3 is 20.1 Å². The summed E-state index contributed by atoms with van der Waals surface area (Å²) < 4.78 is 32.5. The maximum Gasteiger partial charge on any atom is 0.472 e. The van der Waals surface area contributed by atoms with Crippen molar-refractivity contribution in [2.45, 2.75) is 162 Å². The summed E-state index contributed by atoms with van der Waals surface area (Å²) in [5, 5.41) is 0. The maximum atomic E-state index is 12.4. The van der Waals surface area contributed by atoms with Crippen LogP contribution in [-0.4, -0.2) is 49.3 Å². The van der Waals surface area contributed by atoms with E-state index in [4.69, 9.17) is 24.3 Å². The Morgan fingerprint density at radius 2 is 1.05 bits per heavy atom. The number of carbonyl (C=O) groups excluding carboxylic acids is 2. The van der Waals surface area contributed by atoms with Gasteiger partial charge in [-0.05, 0) is 24.7 Å². The molecule has 0 amide bonds. The van der Waals surface area contributed by atoms with Crippen LogP contribution in [0.3, 0.4) is 0 Å². The van der Waals surface area contributed by atoms with E-state index in [9.17, 15) is 19.0 Å². The van der Waals surface area contributed by atoms with Gasteiger partial charge in [-0.1, -0.05) is 130 Å². The first-order valence-electron chi connectivity index (χ1n) is 17.2. The molecule has 0 aliphatic rings. The fraction of sp³-hybridized carbons (Fsp3) is 0.939. The predicted molar refractivity (Wildman–Crippen MR) is 174 cm³/mol. The topological polar surface area (TPSA) is 134 Å².